The fraction of sp³-hybridized carbons (Fsp3) is 0.222. The first kappa shape index (κ1) is 16.9. The molecule has 0 saturated heterocycles. The van der Waals surface area contributed by atoms with E-state index in [1.54, 1.807) is 0 Å². The van der Waals surface area contributed by atoms with Gasteiger partial charge < -0.3 is 15.3 Å². The highest BCUT2D eigenvalue weighted by Crippen LogP contribution is 2.26. The zero-order chi connectivity index (χ0) is 18.1. The minimum absolute atomic E-state index is 0.0338. The Hall–Kier alpha value is -2.96. The van der Waals surface area contributed by atoms with Crippen molar-refractivity contribution in [3.8, 4) is 0 Å². The van der Waals surface area contributed by atoms with Crippen molar-refractivity contribution in [3.05, 3.63) is 69.3 Å². The molecule has 0 saturated carbocycles. The minimum atomic E-state index is -0.965. The molecular formula is C18H17F2N3O2. The van der Waals surface area contributed by atoms with Gasteiger partial charge in [0.15, 0.2) is 11.6 Å². The van der Waals surface area contributed by atoms with Crippen LogP contribution in [0.3, 0.4) is 0 Å². The van der Waals surface area contributed by atoms with Gasteiger partial charge in [-0.3, -0.25) is 9.59 Å². The molecule has 0 radical (unpaired) electrons. The lowest BCUT2D eigenvalue weighted by atomic mass is 10.0. The van der Waals surface area contributed by atoms with Crippen molar-refractivity contribution in [2.24, 2.45) is 0 Å². The highest BCUT2D eigenvalue weighted by Gasteiger charge is 2.20. The molecule has 0 atom stereocenters. The van der Waals surface area contributed by atoms with Gasteiger partial charge in [-0.25, -0.2) is 8.78 Å². The van der Waals surface area contributed by atoms with Crippen LogP contribution in [0.5, 0.6) is 0 Å². The van der Waals surface area contributed by atoms with E-state index in [2.05, 4.69) is 15.3 Å². The number of nitrogens with one attached hydrogen (secondary N) is 3. The van der Waals surface area contributed by atoms with Crippen molar-refractivity contribution in [1.82, 2.24) is 15.3 Å². The molecule has 3 rings (SSSR count). The summed E-state index contributed by atoms with van der Waals surface area (Å²) in [5.74, 6) is -2.25. The van der Waals surface area contributed by atoms with Crippen LogP contribution in [-0.2, 0) is 6.54 Å². The third-order valence-corrected chi connectivity index (χ3v) is 3.97. The number of aromatic amines is 2. The molecule has 0 aliphatic carbocycles. The molecule has 0 spiro atoms. The summed E-state index contributed by atoms with van der Waals surface area (Å²) in [5, 5.41) is 3.22. The first-order valence-corrected chi connectivity index (χ1v) is 7.83. The normalized spacial score (nSPS) is 11.2. The summed E-state index contributed by atoms with van der Waals surface area (Å²) < 4.78 is 26.2. The SMILES string of the molecule is CC(C)c1[nH]c2c[nH]c(=O)cc2c1C(=O)NCc1ccc(F)c(F)c1. The highest BCUT2D eigenvalue weighted by molar-refractivity contribution is 6.08. The Balaban J connectivity index is 1.93. The molecule has 0 aliphatic heterocycles. The van der Waals surface area contributed by atoms with E-state index in [0.717, 1.165) is 12.1 Å². The maximum atomic E-state index is 13.3. The molecular weight excluding hydrogens is 328 g/mol. The quantitative estimate of drug-likeness (QED) is 0.679. The molecule has 0 aliphatic rings. The molecule has 0 fully saturated rings. The zero-order valence-corrected chi connectivity index (χ0v) is 13.7. The number of hydrogen-bond donors (Lipinski definition) is 3. The molecule has 3 N–H and O–H groups in total. The van der Waals surface area contributed by atoms with E-state index >= 15 is 0 Å². The number of hydrogen-bond acceptors (Lipinski definition) is 2. The predicted octanol–water partition coefficient (Wildman–Crippen LogP) is 3.19. The van der Waals surface area contributed by atoms with E-state index in [0.29, 0.717) is 27.7 Å². The van der Waals surface area contributed by atoms with E-state index in [9.17, 15) is 18.4 Å². The van der Waals surface area contributed by atoms with Gasteiger partial charge >= 0.3 is 0 Å². The van der Waals surface area contributed by atoms with Crippen molar-refractivity contribution >= 4 is 16.8 Å². The molecule has 1 amide bonds. The highest BCUT2D eigenvalue weighted by atomic mass is 19.2. The van der Waals surface area contributed by atoms with E-state index in [1.165, 1.54) is 18.3 Å². The first-order chi connectivity index (χ1) is 11.9. The van der Waals surface area contributed by atoms with Crippen LogP contribution in [-0.4, -0.2) is 15.9 Å². The smallest absolute Gasteiger partial charge is 0.254 e. The minimum Gasteiger partial charge on any atom is -0.356 e. The van der Waals surface area contributed by atoms with Crippen LogP contribution in [0.4, 0.5) is 8.78 Å². The first-order valence-electron chi connectivity index (χ1n) is 7.83. The number of rotatable bonds is 4. The van der Waals surface area contributed by atoms with Crippen LogP contribution in [0.15, 0.2) is 35.3 Å². The number of benzene rings is 1. The number of halogens is 2. The third kappa shape index (κ3) is 3.31. The Morgan fingerprint density at radius 1 is 1.20 bits per heavy atom. The lowest BCUT2D eigenvalue weighted by molar-refractivity contribution is 0.0951. The van der Waals surface area contributed by atoms with Crippen molar-refractivity contribution in [2.45, 2.75) is 26.3 Å². The maximum absolute atomic E-state index is 13.3. The Labute approximate surface area is 142 Å². The molecule has 0 unspecified atom stereocenters. The Kier molecular flexibility index (Phi) is 4.39. The monoisotopic (exact) mass is 345 g/mol. The van der Waals surface area contributed by atoms with Crippen LogP contribution < -0.4 is 10.9 Å². The van der Waals surface area contributed by atoms with Gasteiger partial charge in [0.2, 0.25) is 5.56 Å². The van der Waals surface area contributed by atoms with Crippen molar-refractivity contribution in [2.75, 3.05) is 0 Å². The summed E-state index contributed by atoms with van der Waals surface area (Å²) in [7, 11) is 0. The summed E-state index contributed by atoms with van der Waals surface area (Å²) in [6, 6.07) is 4.83. The van der Waals surface area contributed by atoms with Gasteiger partial charge in [0.25, 0.3) is 5.91 Å². The summed E-state index contributed by atoms with van der Waals surface area (Å²) in [5.41, 5.74) is 1.88. The van der Waals surface area contributed by atoms with Crippen LogP contribution >= 0.6 is 0 Å². The fourth-order valence-corrected chi connectivity index (χ4v) is 2.73. The van der Waals surface area contributed by atoms with Gasteiger partial charge in [-0.2, -0.15) is 0 Å². The maximum Gasteiger partial charge on any atom is 0.254 e. The fourth-order valence-electron chi connectivity index (χ4n) is 2.73. The topological polar surface area (TPSA) is 77.8 Å². The summed E-state index contributed by atoms with van der Waals surface area (Å²) >= 11 is 0. The summed E-state index contributed by atoms with van der Waals surface area (Å²) in [6.07, 6.45) is 1.52. The number of carbonyl (C=O) groups is 1. The number of H-pyrrole nitrogens is 2. The molecule has 3 aromatic rings. The van der Waals surface area contributed by atoms with Crippen LogP contribution in [0.2, 0.25) is 0 Å². The second kappa shape index (κ2) is 6.51. The average molecular weight is 345 g/mol. The largest absolute Gasteiger partial charge is 0.356 e. The second-order valence-electron chi connectivity index (χ2n) is 6.12. The van der Waals surface area contributed by atoms with E-state index in [4.69, 9.17) is 0 Å². The molecule has 2 heterocycles. The van der Waals surface area contributed by atoms with E-state index in [1.807, 2.05) is 13.8 Å². The number of amides is 1. The molecule has 130 valence electrons. The third-order valence-electron chi connectivity index (χ3n) is 3.97. The Morgan fingerprint density at radius 2 is 1.96 bits per heavy atom. The summed E-state index contributed by atoms with van der Waals surface area (Å²) in [4.78, 5) is 30.0. The van der Waals surface area contributed by atoms with Crippen LogP contribution in [0.1, 0.15) is 41.4 Å². The van der Waals surface area contributed by atoms with Crippen LogP contribution in [0.25, 0.3) is 10.9 Å². The molecule has 7 heteroatoms. The number of carbonyl (C=O) groups excluding carboxylic acids is 1. The average Bonchev–Trinajstić information content (AvgIpc) is 2.94. The lowest BCUT2D eigenvalue weighted by Crippen LogP contribution is -2.24. The van der Waals surface area contributed by atoms with Crippen molar-refractivity contribution in [3.63, 3.8) is 0 Å². The lowest BCUT2D eigenvalue weighted by Gasteiger charge is -2.09. The van der Waals surface area contributed by atoms with Gasteiger partial charge in [-0.05, 0) is 23.6 Å². The molecule has 25 heavy (non-hydrogen) atoms. The van der Waals surface area contributed by atoms with Gasteiger partial charge in [-0.15, -0.1) is 0 Å². The molecule has 5 nitrogen and oxygen atoms in total. The van der Waals surface area contributed by atoms with Gasteiger partial charge in [0.1, 0.15) is 0 Å². The Bertz CT molecular complexity index is 1010. The summed E-state index contributed by atoms with van der Waals surface area (Å²) in [6.45, 7) is 3.90. The van der Waals surface area contributed by atoms with Crippen molar-refractivity contribution < 1.29 is 13.6 Å². The van der Waals surface area contributed by atoms with Crippen molar-refractivity contribution in [1.29, 1.82) is 0 Å². The number of aromatic nitrogens is 2. The second-order valence-corrected chi connectivity index (χ2v) is 6.12. The van der Waals surface area contributed by atoms with E-state index < -0.39 is 11.6 Å². The standard InChI is InChI=1S/C18H17F2N3O2/c1-9(2)17-16(11-6-15(24)21-8-14(11)23-17)18(25)22-7-10-3-4-12(19)13(20)5-10/h3-6,8-9,23H,7H2,1-2H3,(H,21,24)(H,22,25). The molecule has 1 aromatic carbocycles. The predicted molar refractivity (Wildman–Crippen MR) is 90.5 cm³/mol. The Morgan fingerprint density at radius 3 is 2.64 bits per heavy atom. The molecule has 2 aromatic heterocycles. The molecule has 0 bridgehead atoms. The van der Waals surface area contributed by atoms with Gasteiger partial charge in [0.05, 0.1) is 11.1 Å². The zero-order valence-electron chi connectivity index (χ0n) is 13.7. The van der Waals surface area contributed by atoms with Gasteiger partial charge in [-0.1, -0.05) is 19.9 Å². The number of pyridine rings is 1. The van der Waals surface area contributed by atoms with Gasteiger partial charge in [0, 0.05) is 29.9 Å². The van der Waals surface area contributed by atoms with Crippen LogP contribution in [0, 0.1) is 11.6 Å². The van der Waals surface area contributed by atoms with E-state index in [-0.39, 0.29) is 23.9 Å². The number of fused-ring (bicyclic) bond motifs is 1.